The van der Waals surface area contributed by atoms with E-state index < -0.39 is 12.8 Å². The molecular weight excluding hydrogens is 191 g/mol. The average Bonchev–Trinajstić information content (AvgIpc) is 2.42. The van der Waals surface area contributed by atoms with Crippen molar-refractivity contribution in [2.24, 2.45) is 4.99 Å². The van der Waals surface area contributed by atoms with Crippen LogP contribution in [0.25, 0.3) is 0 Å². The van der Waals surface area contributed by atoms with Crippen LogP contribution in [0.1, 0.15) is 12.8 Å². The summed E-state index contributed by atoms with van der Waals surface area (Å²) in [6.07, 6.45) is 1.36. The Balaban J connectivity index is 2.22. The lowest BCUT2D eigenvalue weighted by molar-refractivity contribution is 0.162. The number of aliphatic hydroxyl groups is 1. The lowest BCUT2D eigenvalue weighted by Crippen LogP contribution is -2.23. The highest BCUT2D eigenvalue weighted by atomic mass is 32.2. The minimum Gasteiger partial charge on any atom is -0.390 e. The van der Waals surface area contributed by atoms with Gasteiger partial charge in [0.15, 0.2) is 5.17 Å². The Morgan fingerprint density at radius 2 is 2.46 bits per heavy atom. The summed E-state index contributed by atoms with van der Waals surface area (Å²) in [7, 11) is 0. The summed E-state index contributed by atoms with van der Waals surface area (Å²) in [5, 5.41) is 13.0. The second-order valence-corrected chi connectivity index (χ2v) is 3.95. The van der Waals surface area contributed by atoms with Crippen molar-refractivity contribution in [3.05, 3.63) is 0 Å². The number of hydrogen-bond donors (Lipinski definition) is 2. The van der Waals surface area contributed by atoms with Crippen molar-refractivity contribution >= 4 is 16.9 Å². The molecule has 0 aromatic carbocycles. The minimum absolute atomic E-state index is 0.377. The number of rotatable bonds is 3. The Morgan fingerprint density at radius 3 is 3.23 bits per heavy atom. The van der Waals surface area contributed by atoms with Crippen molar-refractivity contribution < 1.29 is 9.50 Å². The summed E-state index contributed by atoms with van der Waals surface area (Å²) < 4.78 is 11.9. The van der Waals surface area contributed by atoms with Crippen LogP contribution in [-0.2, 0) is 0 Å². The topological polar surface area (TPSA) is 44.6 Å². The van der Waals surface area contributed by atoms with Crippen LogP contribution in [0, 0.1) is 0 Å². The fourth-order valence-electron chi connectivity index (χ4n) is 0.985. The van der Waals surface area contributed by atoms with Gasteiger partial charge >= 0.3 is 0 Å². The van der Waals surface area contributed by atoms with Crippen molar-refractivity contribution in [3.8, 4) is 0 Å². The average molecular weight is 206 g/mol. The van der Waals surface area contributed by atoms with E-state index in [2.05, 4.69) is 10.3 Å². The highest BCUT2D eigenvalue weighted by Crippen LogP contribution is 2.08. The molecule has 0 saturated heterocycles. The predicted molar refractivity (Wildman–Crippen MR) is 54.0 cm³/mol. The van der Waals surface area contributed by atoms with Gasteiger partial charge in [0.05, 0.1) is 6.10 Å². The predicted octanol–water partition coefficient (Wildman–Crippen LogP) is 0.789. The zero-order chi connectivity index (χ0) is 9.52. The molecule has 1 atom stereocenters. The molecule has 0 amide bonds. The van der Waals surface area contributed by atoms with Crippen LogP contribution in [0.3, 0.4) is 0 Å². The molecule has 13 heavy (non-hydrogen) atoms. The van der Waals surface area contributed by atoms with E-state index in [1.54, 1.807) is 0 Å². The Hall–Kier alpha value is -0.290. The van der Waals surface area contributed by atoms with Gasteiger partial charge in [0.2, 0.25) is 0 Å². The molecule has 1 rings (SSSR count). The first kappa shape index (κ1) is 10.8. The molecule has 1 heterocycles. The van der Waals surface area contributed by atoms with Crippen LogP contribution < -0.4 is 5.32 Å². The van der Waals surface area contributed by atoms with Crippen LogP contribution in [0.2, 0.25) is 0 Å². The monoisotopic (exact) mass is 206 g/mol. The Kier molecular flexibility index (Phi) is 5.15. The second kappa shape index (κ2) is 6.21. The molecule has 1 aliphatic heterocycles. The van der Waals surface area contributed by atoms with Gasteiger partial charge in [-0.25, -0.2) is 4.39 Å². The summed E-state index contributed by atoms with van der Waals surface area (Å²) in [5.41, 5.74) is 0. The number of amidine groups is 1. The molecule has 3 nitrogen and oxygen atoms in total. The first-order chi connectivity index (χ1) is 6.33. The van der Waals surface area contributed by atoms with E-state index in [4.69, 9.17) is 5.11 Å². The normalized spacial score (nSPS) is 20.0. The van der Waals surface area contributed by atoms with E-state index in [9.17, 15) is 4.39 Å². The van der Waals surface area contributed by atoms with Crippen LogP contribution in [0.5, 0.6) is 0 Å². The van der Waals surface area contributed by atoms with Gasteiger partial charge in [-0.2, -0.15) is 0 Å². The molecular formula is C8H15FN2OS. The number of aliphatic imine (C=N–C) groups is 1. The lowest BCUT2D eigenvalue weighted by atomic mass is 10.3. The number of halogens is 1. The second-order valence-electron chi connectivity index (χ2n) is 2.94. The van der Waals surface area contributed by atoms with Crippen LogP contribution in [0.4, 0.5) is 4.39 Å². The Morgan fingerprint density at radius 1 is 1.62 bits per heavy atom. The third-order valence-electron chi connectivity index (χ3n) is 1.71. The summed E-state index contributed by atoms with van der Waals surface area (Å²) in [4.78, 5) is 4.26. The molecule has 0 radical (unpaired) electrons. The van der Waals surface area contributed by atoms with Gasteiger partial charge < -0.3 is 10.4 Å². The first-order valence-electron chi connectivity index (χ1n) is 4.48. The minimum atomic E-state index is -0.863. The van der Waals surface area contributed by atoms with Gasteiger partial charge in [0, 0.05) is 18.8 Å². The molecule has 76 valence electrons. The zero-order valence-corrected chi connectivity index (χ0v) is 8.32. The first-order valence-corrected chi connectivity index (χ1v) is 5.46. The third kappa shape index (κ3) is 4.47. The molecule has 0 saturated carbocycles. The molecule has 0 fully saturated rings. The van der Waals surface area contributed by atoms with Gasteiger partial charge in [-0.15, -0.1) is 0 Å². The maximum absolute atomic E-state index is 11.9. The highest BCUT2D eigenvalue weighted by Gasteiger charge is 2.07. The van der Waals surface area contributed by atoms with Gasteiger partial charge in [0.1, 0.15) is 6.67 Å². The molecule has 2 N–H and O–H groups in total. The van der Waals surface area contributed by atoms with Crippen molar-refractivity contribution in [1.29, 1.82) is 0 Å². The largest absolute Gasteiger partial charge is 0.390 e. The van der Waals surface area contributed by atoms with Crippen LogP contribution >= 0.6 is 11.8 Å². The molecule has 0 aromatic heterocycles. The molecule has 0 aliphatic carbocycles. The fourth-order valence-corrected chi connectivity index (χ4v) is 1.81. The van der Waals surface area contributed by atoms with E-state index in [0.717, 1.165) is 31.1 Å². The number of nitrogens with one attached hydrogen (secondary N) is 1. The third-order valence-corrected chi connectivity index (χ3v) is 2.81. The quantitative estimate of drug-likeness (QED) is 0.717. The van der Waals surface area contributed by atoms with E-state index in [1.165, 1.54) is 11.8 Å². The Bertz CT molecular complexity index is 178. The van der Waals surface area contributed by atoms with Crippen molar-refractivity contribution in [2.75, 3.05) is 25.5 Å². The molecule has 1 unspecified atom stereocenters. The smallest absolute Gasteiger partial charge is 0.156 e. The summed E-state index contributed by atoms with van der Waals surface area (Å²) in [6.45, 7) is 1.08. The SMILES string of the molecule is OC(CF)CSC1=NCCCCN1. The van der Waals surface area contributed by atoms with Gasteiger partial charge in [-0.1, -0.05) is 11.8 Å². The number of aliphatic hydroxyl groups excluding tert-OH is 1. The number of thioether (sulfide) groups is 1. The Labute approximate surface area is 81.8 Å². The van der Waals surface area contributed by atoms with E-state index >= 15 is 0 Å². The van der Waals surface area contributed by atoms with E-state index in [0.29, 0.717) is 5.75 Å². The van der Waals surface area contributed by atoms with E-state index in [1.807, 2.05) is 0 Å². The fraction of sp³-hybridized carbons (Fsp3) is 0.875. The highest BCUT2D eigenvalue weighted by molar-refractivity contribution is 8.13. The number of hydrogen-bond acceptors (Lipinski definition) is 4. The standard InChI is InChI=1S/C8H15FN2OS/c9-5-7(12)6-13-8-10-3-1-2-4-11-8/h7,12H,1-6H2,(H,10,11). The molecule has 1 aliphatic rings. The van der Waals surface area contributed by atoms with Gasteiger partial charge in [0.25, 0.3) is 0 Å². The molecule has 0 aromatic rings. The van der Waals surface area contributed by atoms with E-state index in [-0.39, 0.29) is 0 Å². The number of nitrogens with zero attached hydrogens (tertiary/aromatic N) is 1. The van der Waals surface area contributed by atoms with Crippen molar-refractivity contribution in [1.82, 2.24) is 5.32 Å². The molecule has 0 bridgehead atoms. The summed E-state index contributed by atoms with van der Waals surface area (Å²) >= 11 is 1.39. The molecule has 5 heteroatoms. The van der Waals surface area contributed by atoms with Crippen LogP contribution in [0.15, 0.2) is 4.99 Å². The summed E-state index contributed by atoms with van der Waals surface area (Å²) in [6, 6.07) is 0. The number of alkyl halides is 1. The maximum Gasteiger partial charge on any atom is 0.156 e. The van der Waals surface area contributed by atoms with Gasteiger partial charge in [-0.3, -0.25) is 4.99 Å². The lowest BCUT2D eigenvalue weighted by Gasteiger charge is -2.08. The van der Waals surface area contributed by atoms with Crippen molar-refractivity contribution in [3.63, 3.8) is 0 Å². The maximum atomic E-state index is 11.9. The van der Waals surface area contributed by atoms with Gasteiger partial charge in [-0.05, 0) is 12.8 Å². The molecule has 0 spiro atoms. The zero-order valence-electron chi connectivity index (χ0n) is 7.50. The van der Waals surface area contributed by atoms with Crippen molar-refractivity contribution in [2.45, 2.75) is 18.9 Å². The summed E-state index contributed by atoms with van der Waals surface area (Å²) in [5.74, 6) is 0.377. The van der Waals surface area contributed by atoms with Crippen LogP contribution in [-0.4, -0.2) is 41.9 Å².